The van der Waals surface area contributed by atoms with Crippen LogP contribution in [0.25, 0.3) is 0 Å². The number of nitrogens with one attached hydrogen (secondary N) is 2. The van der Waals surface area contributed by atoms with E-state index in [2.05, 4.69) is 10.0 Å². The molecule has 1 aromatic carbocycles. The van der Waals surface area contributed by atoms with Crippen LogP contribution in [0.2, 0.25) is 5.02 Å². The van der Waals surface area contributed by atoms with Gasteiger partial charge in [-0.2, -0.15) is 5.26 Å². The van der Waals surface area contributed by atoms with Gasteiger partial charge in [-0.15, -0.1) is 0 Å². The third-order valence-corrected chi connectivity index (χ3v) is 6.15. The highest BCUT2D eigenvalue weighted by Gasteiger charge is 2.35. The molecule has 0 saturated carbocycles. The second-order valence-electron chi connectivity index (χ2n) is 5.68. The highest BCUT2D eigenvalue weighted by atomic mass is 35.5. The summed E-state index contributed by atoms with van der Waals surface area (Å²) in [5.41, 5.74) is 0.346. The van der Waals surface area contributed by atoms with Crippen LogP contribution in [-0.4, -0.2) is 26.5 Å². The van der Waals surface area contributed by atoms with Crippen LogP contribution in [0.5, 0.6) is 0 Å². The maximum absolute atomic E-state index is 12.5. The lowest BCUT2D eigenvalue weighted by atomic mass is 10.0. The van der Waals surface area contributed by atoms with Crippen LogP contribution in [0.1, 0.15) is 31.2 Å². The van der Waals surface area contributed by atoms with E-state index in [1.807, 2.05) is 6.07 Å². The number of rotatable bonds is 3. The third kappa shape index (κ3) is 3.06. The van der Waals surface area contributed by atoms with Crippen LogP contribution in [-0.2, 0) is 10.0 Å². The molecule has 0 radical (unpaired) electrons. The Hall–Kier alpha value is -1.13. The van der Waals surface area contributed by atoms with E-state index in [-0.39, 0.29) is 16.0 Å². The van der Waals surface area contributed by atoms with Crippen LogP contribution in [0.4, 0.5) is 0 Å². The van der Waals surface area contributed by atoms with Crippen molar-refractivity contribution >= 4 is 21.6 Å². The molecule has 5 nitrogen and oxygen atoms in total. The minimum absolute atomic E-state index is 0.0362. The van der Waals surface area contributed by atoms with E-state index in [9.17, 15) is 8.42 Å². The minimum Gasteiger partial charge on any atom is -0.311 e. The first-order chi connectivity index (χ1) is 9.98. The van der Waals surface area contributed by atoms with Crippen molar-refractivity contribution in [2.24, 2.45) is 0 Å². The zero-order chi connectivity index (χ0) is 15.0. The summed E-state index contributed by atoms with van der Waals surface area (Å²) in [6.45, 7) is 0. The summed E-state index contributed by atoms with van der Waals surface area (Å²) in [5, 5.41) is 12.4. The van der Waals surface area contributed by atoms with Gasteiger partial charge >= 0.3 is 0 Å². The average Bonchev–Trinajstić information content (AvgIpc) is 2.77. The summed E-state index contributed by atoms with van der Waals surface area (Å²) in [7, 11) is -3.65. The molecular weight excluding hydrogens is 310 g/mol. The van der Waals surface area contributed by atoms with Crippen LogP contribution in [0, 0.1) is 11.3 Å². The van der Waals surface area contributed by atoms with Gasteiger partial charge in [0.2, 0.25) is 10.0 Å². The van der Waals surface area contributed by atoms with E-state index in [4.69, 9.17) is 16.9 Å². The van der Waals surface area contributed by atoms with Gasteiger partial charge < -0.3 is 5.32 Å². The van der Waals surface area contributed by atoms with E-state index < -0.39 is 10.0 Å². The molecule has 2 aliphatic rings. The highest BCUT2D eigenvalue weighted by molar-refractivity contribution is 7.89. The fourth-order valence-electron chi connectivity index (χ4n) is 3.22. The summed E-state index contributed by atoms with van der Waals surface area (Å²) in [6, 6.07) is 6.93. The second-order valence-corrected chi connectivity index (χ2v) is 7.77. The highest BCUT2D eigenvalue weighted by Crippen LogP contribution is 2.29. The molecule has 3 rings (SSSR count). The smallest absolute Gasteiger partial charge is 0.242 e. The van der Waals surface area contributed by atoms with Crippen molar-refractivity contribution in [3.63, 3.8) is 0 Å². The predicted octanol–water partition coefficient (Wildman–Crippen LogP) is 1.77. The fraction of sp³-hybridized carbons (Fsp3) is 0.500. The quantitative estimate of drug-likeness (QED) is 0.887. The van der Waals surface area contributed by atoms with Crippen LogP contribution < -0.4 is 10.0 Å². The Balaban J connectivity index is 1.79. The van der Waals surface area contributed by atoms with Gasteiger partial charge in [0, 0.05) is 18.1 Å². The molecule has 2 heterocycles. The zero-order valence-electron chi connectivity index (χ0n) is 11.3. The molecule has 2 N–H and O–H groups in total. The van der Waals surface area contributed by atoms with Gasteiger partial charge in [-0.1, -0.05) is 11.6 Å². The summed E-state index contributed by atoms with van der Waals surface area (Å²) < 4.78 is 27.7. The first-order valence-corrected chi connectivity index (χ1v) is 8.82. The van der Waals surface area contributed by atoms with Crippen LogP contribution in [0.3, 0.4) is 0 Å². The summed E-state index contributed by atoms with van der Waals surface area (Å²) in [5.74, 6) is 0. The van der Waals surface area contributed by atoms with E-state index >= 15 is 0 Å². The van der Waals surface area contributed by atoms with Crippen LogP contribution >= 0.6 is 11.6 Å². The topological polar surface area (TPSA) is 82.0 Å². The number of fused-ring (bicyclic) bond motifs is 2. The molecule has 2 saturated heterocycles. The summed E-state index contributed by atoms with van der Waals surface area (Å²) in [4.78, 5) is 0.0362. The van der Waals surface area contributed by atoms with Crippen molar-refractivity contribution in [1.29, 1.82) is 5.26 Å². The molecule has 2 fully saturated rings. The van der Waals surface area contributed by atoms with Gasteiger partial charge in [0.1, 0.15) is 4.90 Å². The average molecular weight is 326 g/mol. The second kappa shape index (κ2) is 5.58. The number of benzene rings is 1. The van der Waals surface area contributed by atoms with Crippen LogP contribution in [0.15, 0.2) is 23.1 Å². The Kier molecular flexibility index (Phi) is 3.93. The van der Waals surface area contributed by atoms with Crippen molar-refractivity contribution in [1.82, 2.24) is 10.0 Å². The van der Waals surface area contributed by atoms with Gasteiger partial charge in [0.25, 0.3) is 0 Å². The molecule has 7 heteroatoms. The minimum atomic E-state index is -3.65. The van der Waals surface area contributed by atoms with Crippen molar-refractivity contribution in [3.8, 4) is 6.07 Å². The Labute approximate surface area is 129 Å². The maximum Gasteiger partial charge on any atom is 0.242 e. The molecule has 0 aromatic heterocycles. The Bertz CT molecular complexity index is 687. The number of hydrogen-bond donors (Lipinski definition) is 2. The molecule has 0 amide bonds. The summed E-state index contributed by atoms with van der Waals surface area (Å²) >= 11 is 6.00. The lowest BCUT2D eigenvalue weighted by Gasteiger charge is -2.29. The van der Waals surface area contributed by atoms with E-state index in [1.165, 1.54) is 18.2 Å². The predicted molar refractivity (Wildman–Crippen MR) is 79.5 cm³/mol. The van der Waals surface area contributed by atoms with Gasteiger partial charge in [-0.05, 0) is 43.9 Å². The largest absolute Gasteiger partial charge is 0.311 e. The van der Waals surface area contributed by atoms with E-state index in [0.717, 1.165) is 25.7 Å². The molecule has 1 aromatic rings. The monoisotopic (exact) mass is 325 g/mol. The van der Waals surface area contributed by atoms with E-state index in [0.29, 0.717) is 17.6 Å². The standard InChI is InChI=1S/C14H16ClN3O2S/c15-13-5-9(8-16)1-4-14(13)21(19,20)18-12-6-10-2-3-11(7-12)17-10/h1,4-5,10-12,17-18H,2-3,6-7H2. The molecule has 112 valence electrons. The molecule has 2 aliphatic heterocycles. The maximum atomic E-state index is 12.5. The first kappa shape index (κ1) is 14.8. The summed E-state index contributed by atoms with van der Waals surface area (Å²) in [6.07, 6.45) is 3.84. The number of nitrogens with zero attached hydrogens (tertiary/aromatic N) is 1. The van der Waals surface area contributed by atoms with Gasteiger partial charge in [0.05, 0.1) is 16.7 Å². The Morgan fingerprint density at radius 1 is 1.29 bits per heavy atom. The number of sulfonamides is 1. The number of nitriles is 1. The SMILES string of the molecule is N#Cc1ccc(S(=O)(=O)NC2CC3CCC(C2)N3)c(Cl)c1. The lowest BCUT2D eigenvalue weighted by molar-refractivity contribution is 0.345. The molecule has 0 aliphatic carbocycles. The molecule has 2 unspecified atom stereocenters. The molecule has 21 heavy (non-hydrogen) atoms. The number of halogens is 1. The molecule has 0 spiro atoms. The van der Waals surface area contributed by atoms with Gasteiger partial charge in [-0.3, -0.25) is 0 Å². The lowest BCUT2D eigenvalue weighted by Crippen LogP contribution is -2.47. The molecular formula is C14H16ClN3O2S. The first-order valence-electron chi connectivity index (χ1n) is 6.96. The molecule has 2 atom stereocenters. The van der Waals surface area contributed by atoms with Crippen molar-refractivity contribution in [2.45, 2.75) is 48.7 Å². The van der Waals surface area contributed by atoms with E-state index in [1.54, 1.807) is 0 Å². The number of hydrogen-bond acceptors (Lipinski definition) is 4. The van der Waals surface area contributed by atoms with Crippen molar-refractivity contribution < 1.29 is 8.42 Å². The Morgan fingerprint density at radius 2 is 1.95 bits per heavy atom. The fourth-order valence-corrected chi connectivity index (χ4v) is 5.03. The molecule has 2 bridgehead atoms. The zero-order valence-corrected chi connectivity index (χ0v) is 12.9. The van der Waals surface area contributed by atoms with Gasteiger partial charge in [-0.25, -0.2) is 13.1 Å². The van der Waals surface area contributed by atoms with Crippen molar-refractivity contribution in [2.75, 3.05) is 0 Å². The van der Waals surface area contributed by atoms with Gasteiger partial charge in [0.15, 0.2) is 0 Å². The normalized spacial score (nSPS) is 28.3. The Morgan fingerprint density at radius 3 is 2.52 bits per heavy atom. The van der Waals surface area contributed by atoms with Crippen molar-refractivity contribution in [3.05, 3.63) is 28.8 Å². The number of piperidine rings is 1. The third-order valence-electron chi connectivity index (χ3n) is 4.15.